The molecule has 2 aliphatic heterocycles. The maximum atomic E-state index is 12.8. The Morgan fingerprint density at radius 2 is 1.52 bits per heavy atom. The first-order valence-electron chi connectivity index (χ1n) is 14.8. The van der Waals surface area contributed by atoms with Crippen LogP contribution in [0.2, 0.25) is 0 Å². The highest BCUT2D eigenvalue weighted by Gasteiger charge is 2.47. The fraction of sp³-hybridized carbons (Fsp3) is 0.647. The lowest BCUT2D eigenvalue weighted by Gasteiger charge is -2.56. The molecule has 1 saturated heterocycles. The third-order valence-corrected chi connectivity index (χ3v) is 8.43. The summed E-state index contributed by atoms with van der Waals surface area (Å²) in [6.07, 6.45) is 10.0. The van der Waals surface area contributed by atoms with E-state index in [4.69, 9.17) is 4.74 Å². The third-order valence-electron chi connectivity index (χ3n) is 8.43. The molecule has 6 nitrogen and oxygen atoms in total. The number of ether oxygens (including phenoxy) is 1. The quantitative estimate of drug-likeness (QED) is 0.394. The number of nitrogens with zero attached hydrogens (tertiary/aromatic N) is 2. The molecule has 1 aromatic rings. The number of aryl methyl sites for hydroxylation is 1. The average molecular weight is 553 g/mol. The highest BCUT2D eigenvalue weighted by molar-refractivity contribution is 5.88. The number of benzene rings is 1. The molecule has 3 rings (SSSR count). The molecule has 0 unspecified atom stereocenters. The number of hydrogen-bond acceptors (Lipinski definition) is 5. The Labute approximate surface area is 242 Å². The number of piperidine rings is 1. The minimum absolute atomic E-state index is 0.0712. The Balaban J connectivity index is 1.61. The fourth-order valence-electron chi connectivity index (χ4n) is 6.55. The molecule has 0 radical (unpaired) electrons. The first-order chi connectivity index (χ1) is 18.3. The average Bonchev–Trinajstić information content (AvgIpc) is 3.02. The van der Waals surface area contributed by atoms with Crippen LogP contribution >= 0.6 is 0 Å². The molecule has 1 amide bonds. The van der Waals surface area contributed by atoms with Gasteiger partial charge >= 0.3 is 5.97 Å². The number of phenols is 1. The summed E-state index contributed by atoms with van der Waals surface area (Å²) in [5.74, 6) is 0.220. The van der Waals surface area contributed by atoms with Crippen LogP contribution in [0.5, 0.6) is 5.75 Å². The minimum atomic E-state index is -0.207. The van der Waals surface area contributed by atoms with Gasteiger partial charge in [-0.2, -0.15) is 0 Å². The van der Waals surface area contributed by atoms with Crippen molar-refractivity contribution in [3.63, 3.8) is 0 Å². The van der Waals surface area contributed by atoms with Gasteiger partial charge in [0, 0.05) is 42.7 Å². The van der Waals surface area contributed by atoms with E-state index >= 15 is 0 Å². The van der Waals surface area contributed by atoms with E-state index < -0.39 is 0 Å². The topological polar surface area (TPSA) is 70.1 Å². The number of esters is 1. The van der Waals surface area contributed by atoms with E-state index in [-0.39, 0.29) is 39.8 Å². The van der Waals surface area contributed by atoms with Crippen LogP contribution in [-0.4, -0.2) is 63.6 Å². The van der Waals surface area contributed by atoms with Gasteiger partial charge < -0.3 is 14.7 Å². The zero-order chi connectivity index (χ0) is 30.1. The largest absolute Gasteiger partial charge is 0.507 e. The third kappa shape index (κ3) is 7.57. The SMILES string of the molecule is CC(C)(C)c1cc(CCC(=O)OCCN2C(C)(C)CC(N3CC=CC=CC3=O)CC2(C)C)cc(C(C)(C)C)c1O. The van der Waals surface area contributed by atoms with Crippen molar-refractivity contribution in [3.05, 3.63) is 53.1 Å². The summed E-state index contributed by atoms with van der Waals surface area (Å²) in [5.41, 5.74) is 2.13. The number of carbonyl (C=O) groups excluding carboxylic acids is 2. The van der Waals surface area contributed by atoms with Gasteiger partial charge in [-0.05, 0) is 74.5 Å². The van der Waals surface area contributed by atoms with Crippen molar-refractivity contribution in [2.24, 2.45) is 0 Å². The Bertz CT molecular complexity index is 1090. The summed E-state index contributed by atoms with van der Waals surface area (Å²) >= 11 is 0. The molecule has 2 aliphatic rings. The molecule has 222 valence electrons. The van der Waals surface area contributed by atoms with E-state index in [2.05, 4.69) is 74.1 Å². The molecule has 1 N–H and O–H groups in total. The molecular weight excluding hydrogens is 500 g/mol. The van der Waals surface area contributed by atoms with Crippen molar-refractivity contribution >= 4 is 11.9 Å². The van der Waals surface area contributed by atoms with Crippen LogP contribution in [0.1, 0.15) is 105 Å². The van der Waals surface area contributed by atoms with Gasteiger partial charge in [0.1, 0.15) is 12.4 Å². The Hall–Kier alpha value is -2.60. The molecule has 40 heavy (non-hydrogen) atoms. The van der Waals surface area contributed by atoms with Gasteiger partial charge in [-0.3, -0.25) is 14.5 Å². The number of amides is 1. The fourth-order valence-corrected chi connectivity index (χ4v) is 6.55. The molecule has 0 aromatic heterocycles. The van der Waals surface area contributed by atoms with Gasteiger partial charge in [-0.15, -0.1) is 0 Å². The van der Waals surface area contributed by atoms with Gasteiger partial charge in [0.05, 0.1) is 0 Å². The van der Waals surface area contributed by atoms with Crippen molar-refractivity contribution in [2.75, 3.05) is 19.7 Å². The van der Waals surface area contributed by atoms with Crippen LogP contribution in [0.4, 0.5) is 0 Å². The molecule has 6 heteroatoms. The molecule has 2 heterocycles. The summed E-state index contributed by atoms with van der Waals surface area (Å²) in [5, 5.41) is 11.0. The van der Waals surface area contributed by atoms with Crippen LogP contribution in [0.25, 0.3) is 0 Å². The van der Waals surface area contributed by atoms with Crippen molar-refractivity contribution < 1.29 is 19.4 Å². The maximum absolute atomic E-state index is 12.8. The van der Waals surface area contributed by atoms with Crippen molar-refractivity contribution in [1.29, 1.82) is 0 Å². The first kappa shape index (κ1) is 31.9. The number of likely N-dealkylation sites (tertiary alicyclic amines) is 1. The summed E-state index contributed by atoms with van der Waals surface area (Å²) in [4.78, 5) is 29.9. The Morgan fingerprint density at radius 3 is 2.05 bits per heavy atom. The second-order valence-corrected chi connectivity index (χ2v) is 14.9. The molecular formula is C34H52N2O4. The van der Waals surface area contributed by atoms with Crippen molar-refractivity contribution in [1.82, 2.24) is 9.80 Å². The van der Waals surface area contributed by atoms with Crippen molar-refractivity contribution in [2.45, 2.75) is 123 Å². The summed E-state index contributed by atoms with van der Waals surface area (Å²) in [7, 11) is 0. The smallest absolute Gasteiger partial charge is 0.306 e. The predicted molar refractivity (Wildman–Crippen MR) is 163 cm³/mol. The van der Waals surface area contributed by atoms with Crippen LogP contribution in [0.3, 0.4) is 0 Å². The van der Waals surface area contributed by atoms with Gasteiger partial charge in [-0.25, -0.2) is 0 Å². The Kier molecular flexibility index (Phi) is 9.35. The molecule has 0 aliphatic carbocycles. The number of aromatic hydroxyl groups is 1. The van der Waals surface area contributed by atoms with E-state index in [9.17, 15) is 14.7 Å². The molecule has 0 spiro atoms. The standard InChI is InChI=1S/C34H52N2O4/c1-31(2,3)26-20-24(21-27(30(26)39)32(4,5)6)15-16-29(38)40-19-18-36-33(7,8)22-25(23-34(36,9)10)35-17-13-11-12-14-28(35)37/h11-14,20-21,25,39H,15-19,22-23H2,1-10H3. The lowest BCUT2D eigenvalue weighted by Crippen LogP contribution is -2.65. The van der Waals surface area contributed by atoms with E-state index in [1.54, 1.807) is 6.08 Å². The van der Waals surface area contributed by atoms with Crippen LogP contribution in [0.15, 0.2) is 36.4 Å². The number of phenolic OH excluding ortho intramolecular Hbond substituents is 1. The monoisotopic (exact) mass is 552 g/mol. The maximum Gasteiger partial charge on any atom is 0.306 e. The number of allylic oxidation sites excluding steroid dienone is 2. The highest BCUT2D eigenvalue weighted by atomic mass is 16.5. The van der Waals surface area contributed by atoms with Crippen LogP contribution in [0, 0.1) is 0 Å². The first-order valence-corrected chi connectivity index (χ1v) is 14.8. The molecule has 1 aromatic carbocycles. The number of rotatable bonds is 7. The molecule has 0 bridgehead atoms. The van der Waals surface area contributed by atoms with Crippen LogP contribution in [-0.2, 0) is 31.6 Å². The summed E-state index contributed by atoms with van der Waals surface area (Å²) in [6, 6.07) is 4.23. The van der Waals surface area contributed by atoms with Gasteiger partial charge in [-0.1, -0.05) is 71.9 Å². The van der Waals surface area contributed by atoms with Gasteiger partial charge in [0.25, 0.3) is 0 Å². The van der Waals surface area contributed by atoms with E-state index in [0.717, 1.165) is 29.5 Å². The number of carbonyl (C=O) groups is 2. The van der Waals surface area contributed by atoms with Gasteiger partial charge in [0.15, 0.2) is 0 Å². The molecule has 0 saturated carbocycles. The zero-order valence-electron chi connectivity index (χ0n) is 26.6. The highest BCUT2D eigenvalue weighted by Crippen LogP contribution is 2.41. The van der Waals surface area contributed by atoms with E-state index in [1.165, 1.54) is 0 Å². The normalized spacial score (nSPS) is 20.1. The second kappa shape index (κ2) is 11.7. The van der Waals surface area contributed by atoms with Gasteiger partial charge in [0.2, 0.25) is 5.91 Å². The van der Waals surface area contributed by atoms with Crippen LogP contribution < -0.4 is 0 Å². The summed E-state index contributed by atoms with van der Waals surface area (Å²) in [6.45, 7) is 23.1. The lowest BCUT2D eigenvalue weighted by molar-refractivity contribution is -0.147. The minimum Gasteiger partial charge on any atom is -0.507 e. The summed E-state index contributed by atoms with van der Waals surface area (Å²) < 4.78 is 5.74. The van der Waals surface area contributed by atoms with E-state index in [0.29, 0.717) is 38.3 Å². The van der Waals surface area contributed by atoms with E-state index in [1.807, 2.05) is 35.3 Å². The zero-order valence-corrected chi connectivity index (χ0v) is 26.6. The predicted octanol–water partition coefficient (Wildman–Crippen LogP) is 6.44. The van der Waals surface area contributed by atoms with Crippen molar-refractivity contribution in [3.8, 4) is 5.75 Å². The second-order valence-electron chi connectivity index (χ2n) is 14.9. The molecule has 0 atom stereocenters. The Morgan fingerprint density at radius 1 is 0.975 bits per heavy atom. The lowest BCUT2D eigenvalue weighted by atomic mass is 9.76. The number of hydrogen-bond donors (Lipinski definition) is 1. The molecule has 1 fully saturated rings.